The zero-order valence-electron chi connectivity index (χ0n) is 9.95. The van der Waals surface area contributed by atoms with Crippen LogP contribution in [-0.4, -0.2) is 44.2 Å². The van der Waals surface area contributed by atoms with E-state index in [1.54, 1.807) is 0 Å². The van der Waals surface area contributed by atoms with Crippen molar-refractivity contribution in [3.05, 3.63) is 35.9 Å². The van der Waals surface area contributed by atoms with E-state index >= 15 is 0 Å². The molecule has 1 atom stereocenters. The second-order valence-corrected chi connectivity index (χ2v) is 4.43. The summed E-state index contributed by atoms with van der Waals surface area (Å²) in [5, 5.41) is 6.76. The van der Waals surface area contributed by atoms with E-state index in [4.69, 9.17) is 0 Å². The van der Waals surface area contributed by atoms with Gasteiger partial charge in [-0.2, -0.15) is 0 Å². The minimum Gasteiger partial charge on any atom is -0.318 e. The van der Waals surface area contributed by atoms with Crippen molar-refractivity contribution in [3.63, 3.8) is 0 Å². The van der Waals surface area contributed by atoms with E-state index in [-0.39, 0.29) is 0 Å². The molecule has 0 bridgehead atoms. The van der Waals surface area contributed by atoms with Crippen LogP contribution < -0.4 is 10.6 Å². The number of hydrogen-bond acceptors (Lipinski definition) is 3. The molecular formula is C13H21N3. The van der Waals surface area contributed by atoms with Gasteiger partial charge in [0.15, 0.2) is 0 Å². The molecule has 16 heavy (non-hydrogen) atoms. The minimum absolute atomic E-state index is 0.586. The van der Waals surface area contributed by atoms with Crippen molar-refractivity contribution in [2.75, 3.05) is 33.2 Å². The fourth-order valence-electron chi connectivity index (χ4n) is 2.26. The lowest BCUT2D eigenvalue weighted by Crippen LogP contribution is -2.53. The Bertz CT molecular complexity index is 297. The lowest BCUT2D eigenvalue weighted by Gasteiger charge is -2.33. The van der Waals surface area contributed by atoms with E-state index in [1.807, 2.05) is 7.05 Å². The number of benzene rings is 1. The van der Waals surface area contributed by atoms with Gasteiger partial charge in [-0.15, -0.1) is 0 Å². The van der Waals surface area contributed by atoms with Crippen molar-refractivity contribution < 1.29 is 0 Å². The van der Waals surface area contributed by atoms with E-state index in [0.717, 1.165) is 32.7 Å². The highest BCUT2D eigenvalue weighted by Crippen LogP contribution is 2.06. The van der Waals surface area contributed by atoms with Gasteiger partial charge in [-0.3, -0.25) is 4.90 Å². The third-order valence-corrected chi connectivity index (χ3v) is 3.04. The van der Waals surface area contributed by atoms with Crippen molar-refractivity contribution >= 4 is 0 Å². The molecule has 1 unspecified atom stereocenters. The van der Waals surface area contributed by atoms with Crippen LogP contribution in [0.1, 0.15) is 5.56 Å². The standard InChI is InChI=1S/C13H21N3/c1-14-9-13-11-16(8-7-15-13)10-12-5-3-2-4-6-12/h2-6,13-15H,7-11H2,1H3. The zero-order valence-corrected chi connectivity index (χ0v) is 9.95. The molecule has 88 valence electrons. The fourth-order valence-corrected chi connectivity index (χ4v) is 2.26. The van der Waals surface area contributed by atoms with Crippen LogP contribution in [0.25, 0.3) is 0 Å². The molecule has 2 N–H and O–H groups in total. The smallest absolute Gasteiger partial charge is 0.0320 e. The van der Waals surface area contributed by atoms with Gasteiger partial charge in [0, 0.05) is 38.8 Å². The Hall–Kier alpha value is -0.900. The molecule has 0 spiro atoms. The van der Waals surface area contributed by atoms with E-state index in [2.05, 4.69) is 45.9 Å². The molecule has 3 heteroatoms. The molecular weight excluding hydrogens is 198 g/mol. The summed E-state index contributed by atoms with van der Waals surface area (Å²) < 4.78 is 0. The van der Waals surface area contributed by atoms with Gasteiger partial charge in [0.2, 0.25) is 0 Å². The van der Waals surface area contributed by atoms with Crippen molar-refractivity contribution in [3.8, 4) is 0 Å². The summed E-state index contributed by atoms with van der Waals surface area (Å²) in [5.41, 5.74) is 1.41. The Morgan fingerprint density at radius 1 is 1.38 bits per heavy atom. The van der Waals surface area contributed by atoms with Gasteiger partial charge < -0.3 is 10.6 Å². The Morgan fingerprint density at radius 3 is 2.94 bits per heavy atom. The normalized spacial score (nSPS) is 22.2. The largest absolute Gasteiger partial charge is 0.318 e. The van der Waals surface area contributed by atoms with Gasteiger partial charge in [0.25, 0.3) is 0 Å². The molecule has 1 fully saturated rings. The molecule has 0 saturated carbocycles. The molecule has 1 aliphatic heterocycles. The average molecular weight is 219 g/mol. The summed E-state index contributed by atoms with van der Waals surface area (Å²) in [7, 11) is 2.01. The first kappa shape index (κ1) is 11.6. The summed E-state index contributed by atoms with van der Waals surface area (Å²) in [6, 6.07) is 11.3. The van der Waals surface area contributed by atoms with Gasteiger partial charge in [0.05, 0.1) is 0 Å². The highest BCUT2D eigenvalue weighted by molar-refractivity contribution is 5.14. The Morgan fingerprint density at radius 2 is 2.19 bits per heavy atom. The summed E-state index contributed by atoms with van der Waals surface area (Å²) in [6.07, 6.45) is 0. The third kappa shape index (κ3) is 3.30. The predicted octanol–water partition coefficient (Wildman–Crippen LogP) is 0.680. The van der Waals surface area contributed by atoms with Crippen LogP contribution in [0.5, 0.6) is 0 Å². The molecule has 1 aliphatic rings. The van der Waals surface area contributed by atoms with Crippen molar-refractivity contribution in [2.24, 2.45) is 0 Å². The van der Waals surface area contributed by atoms with E-state index < -0.39 is 0 Å². The van der Waals surface area contributed by atoms with Gasteiger partial charge in [-0.1, -0.05) is 30.3 Å². The lowest BCUT2D eigenvalue weighted by atomic mass is 10.1. The first-order chi connectivity index (χ1) is 7.88. The van der Waals surface area contributed by atoms with Crippen LogP contribution >= 0.6 is 0 Å². The number of nitrogens with one attached hydrogen (secondary N) is 2. The number of hydrogen-bond donors (Lipinski definition) is 2. The van der Waals surface area contributed by atoms with Crippen LogP contribution in [0.2, 0.25) is 0 Å². The molecule has 1 saturated heterocycles. The Kier molecular flexibility index (Phi) is 4.34. The maximum Gasteiger partial charge on any atom is 0.0320 e. The Labute approximate surface area is 97.8 Å². The molecule has 2 rings (SSSR count). The molecule has 1 aromatic carbocycles. The van der Waals surface area contributed by atoms with Crippen LogP contribution in [0.15, 0.2) is 30.3 Å². The van der Waals surface area contributed by atoms with Crippen molar-refractivity contribution in [1.82, 2.24) is 15.5 Å². The fraction of sp³-hybridized carbons (Fsp3) is 0.538. The maximum atomic E-state index is 3.53. The topological polar surface area (TPSA) is 27.3 Å². The number of piperazine rings is 1. The second kappa shape index (κ2) is 5.99. The number of rotatable bonds is 4. The second-order valence-electron chi connectivity index (χ2n) is 4.43. The molecule has 0 aliphatic carbocycles. The highest BCUT2D eigenvalue weighted by Gasteiger charge is 2.18. The van der Waals surface area contributed by atoms with E-state index in [0.29, 0.717) is 6.04 Å². The van der Waals surface area contributed by atoms with Crippen LogP contribution in [0, 0.1) is 0 Å². The number of nitrogens with zero attached hydrogens (tertiary/aromatic N) is 1. The third-order valence-electron chi connectivity index (χ3n) is 3.04. The molecule has 0 radical (unpaired) electrons. The first-order valence-corrected chi connectivity index (χ1v) is 6.03. The van der Waals surface area contributed by atoms with Crippen LogP contribution in [-0.2, 0) is 6.54 Å². The lowest BCUT2D eigenvalue weighted by molar-refractivity contribution is 0.191. The predicted molar refractivity (Wildman–Crippen MR) is 67.4 cm³/mol. The molecule has 1 aromatic rings. The summed E-state index contributed by atoms with van der Waals surface area (Å²) in [5.74, 6) is 0. The molecule has 0 amide bonds. The first-order valence-electron chi connectivity index (χ1n) is 6.03. The van der Waals surface area contributed by atoms with E-state index in [1.165, 1.54) is 5.56 Å². The van der Waals surface area contributed by atoms with Crippen LogP contribution in [0.4, 0.5) is 0 Å². The monoisotopic (exact) mass is 219 g/mol. The number of likely N-dealkylation sites (N-methyl/N-ethyl adjacent to an activating group) is 1. The highest BCUT2D eigenvalue weighted by atomic mass is 15.2. The van der Waals surface area contributed by atoms with Crippen molar-refractivity contribution in [2.45, 2.75) is 12.6 Å². The minimum atomic E-state index is 0.586. The van der Waals surface area contributed by atoms with Gasteiger partial charge in [-0.25, -0.2) is 0 Å². The van der Waals surface area contributed by atoms with Crippen molar-refractivity contribution in [1.29, 1.82) is 0 Å². The Balaban J connectivity index is 1.85. The molecule has 1 heterocycles. The molecule has 0 aromatic heterocycles. The maximum absolute atomic E-state index is 3.53. The quantitative estimate of drug-likeness (QED) is 0.780. The summed E-state index contributed by atoms with van der Waals surface area (Å²) in [6.45, 7) is 5.50. The average Bonchev–Trinajstić information content (AvgIpc) is 2.31. The summed E-state index contributed by atoms with van der Waals surface area (Å²) in [4.78, 5) is 2.52. The van der Waals surface area contributed by atoms with Gasteiger partial charge in [-0.05, 0) is 12.6 Å². The van der Waals surface area contributed by atoms with Gasteiger partial charge in [0.1, 0.15) is 0 Å². The zero-order chi connectivity index (χ0) is 11.2. The SMILES string of the molecule is CNCC1CN(Cc2ccccc2)CCN1. The summed E-state index contributed by atoms with van der Waals surface area (Å²) >= 11 is 0. The van der Waals surface area contributed by atoms with Gasteiger partial charge >= 0.3 is 0 Å². The van der Waals surface area contributed by atoms with Crippen LogP contribution in [0.3, 0.4) is 0 Å². The molecule has 3 nitrogen and oxygen atoms in total. The van der Waals surface area contributed by atoms with E-state index in [9.17, 15) is 0 Å².